The fourth-order valence-corrected chi connectivity index (χ4v) is 3.50. The first-order valence-electron chi connectivity index (χ1n) is 9.19. The average Bonchev–Trinajstić information content (AvgIpc) is 3.09. The molecule has 2 fully saturated rings. The molecule has 1 saturated heterocycles. The maximum atomic E-state index is 13.6. The minimum atomic E-state index is -0.426. The van der Waals surface area contributed by atoms with Crippen LogP contribution in [0.1, 0.15) is 49.7 Å². The van der Waals surface area contributed by atoms with Crippen LogP contribution in [0.3, 0.4) is 0 Å². The smallest absolute Gasteiger partial charge is 0.264 e. The monoisotopic (exact) mass is 359 g/mol. The molecule has 2 aliphatic rings. The summed E-state index contributed by atoms with van der Waals surface area (Å²) < 4.78 is 24.2. The number of nitrogens with zero attached hydrogens (tertiary/aromatic N) is 3. The first-order chi connectivity index (χ1) is 12.7. The van der Waals surface area contributed by atoms with Crippen LogP contribution in [0.4, 0.5) is 4.39 Å². The first-order valence-corrected chi connectivity index (χ1v) is 9.19. The molecule has 1 aromatic carbocycles. The van der Waals surface area contributed by atoms with Crippen LogP contribution >= 0.6 is 0 Å². The molecule has 0 radical (unpaired) electrons. The first kappa shape index (κ1) is 17.0. The lowest BCUT2D eigenvalue weighted by Crippen LogP contribution is -2.44. The van der Waals surface area contributed by atoms with E-state index in [0.717, 1.165) is 38.6 Å². The summed E-state index contributed by atoms with van der Waals surface area (Å²) in [5.41, 5.74) is 0. The molecule has 1 aliphatic carbocycles. The van der Waals surface area contributed by atoms with Gasteiger partial charge in [0, 0.05) is 24.9 Å². The molecule has 1 aromatic heterocycles. The molecule has 4 rings (SSSR count). The zero-order chi connectivity index (χ0) is 17.9. The summed E-state index contributed by atoms with van der Waals surface area (Å²) in [4.78, 5) is 18.8. The van der Waals surface area contributed by atoms with Crippen molar-refractivity contribution in [3.8, 4) is 5.75 Å². The zero-order valence-electron chi connectivity index (χ0n) is 14.6. The second-order valence-electron chi connectivity index (χ2n) is 7.02. The van der Waals surface area contributed by atoms with Crippen LogP contribution < -0.4 is 4.74 Å². The second-order valence-corrected chi connectivity index (χ2v) is 7.02. The molecule has 1 amide bonds. The Hall–Kier alpha value is -2.44. The number of halogens is 1. The quantitative estimate of drug-likeness (QED) is 0.819. The SMILES string of the molecule is O=C(C1CCC1)N1CCCC(c2noc(COc3ccccc3F)n2)C1. The van der Waals surface area contributed by atoms with Gasteiger partial charge in [-0.25, -0.2) is 4.39 Å². The third kappa shape index (κ3) is 3.57. The molecule has 0 bridgehead atoms. The average molecular weight is 359 g/mol. The Labute approximate surface area is 151 Å². The van der Waals surface area contributed by atoms with Gasteiger partial charge in [0.25, 0.3) is 5.89 Å². The third-order valence-electron chi connectivity index (χ3n) is 5.22. The van der Waals surface area contributed by atoms with E-state index in [9.17, 15) is 9.18 Å². The number of hydrogen-bond donors (Lipinski definition) is 0. The maximum Gasteiger partial charge on any atom is 0.264 e. The van der Waals surface area contributed by atoms with Crippen molar-refractivity contribution in [2.45, 2.75) is 44.6 Å². The number of hydrogen-bond acceptors (Lipinski definition) is 5. The van der Waals surface area contributed by atoms with E-state index in [2.05, 4.69) is 10.1 Å². The number of carbonyl (C=O) groups is 1. The highest BCUT2D eigenvalue weighted by Crippen LogP contribution is 2.32. The molecule has 26 heavy (non-hydrogen) atoms. The number of aromatic nitrogens is 2. The van der Waals surface area contributed by atoms with E-state index >= 15 is 0 Å². The summed E-state index contributed by atoms with van der Waals surface area (Å²) in [5.74, 6) is 1.20. The number of benzene rings is 1. The van der Waals surface area contributed by atoms with Gasteiger partial charge in [0.2, 0.25) is 5.91 Å². The van der Waals surface area contributed by atoms with E-state index in [-0.39, 0.29) is 30.1 Å². The third-order valence-corrected chi connectivity index (χ3v) is 5.22. The number of amides is 1. The zero-order valence-corrected chi connectivity index (χ0v) is 14.6. The van der Waals surface area contributed by atoms with Crippen LogP contribution in [-0.2, 0) is 11.4 Å². The van der Waals surface area contributed by atoms with E-state index in [0.29, 0.717) is 18.3 Å². The van der Waals surface area contributed by atoms with E-state index in [1.807, 2.05) is 4.90 Å². The minimum Gasteiger partial charge on any atom is -0.481 e. The van der Waals surface area contributed by atoms with Crippen LogP contribution in [0, 0.1) is 11.7 Å². The van der Waals surface area contributed by atoms with Gasteiger partial charge in [0.05, 0.1) is 0 Å². The second kappa shape index (κ2) is 7.43. The van der Waals surface area contributed by atoms with E-state index < -0.39 is 5.82 Å². The normalized spacial score (nSPS) is 20.7. The Morgan fingerprint density at radius 3 is 2.88 bits per heavy atom. The molecule has 138 valence electrons. The molecule has 6 nitrogen and oxygen atoms in total. The fourth-order valence-electron chi connectivity index (χ4n) is 3.50. The number of para-hydroxylation sites is 1. The van der Waals surface area contributed by atoms with Gasteiger partial charge >= 0.3 is 0 Å². The van der Waals surface area contributed by atoms with Crippen molar-refractivity contribution in [3.05, 3.63) is 41.8 Å². The number of piperidine rings is 1. The Kier molecular flexibility index (Phi) is 4.86. The fraction of sp³-hybridized carbons (Fsp3) is 0.526. The van der Waals surface area contributed by atoms with Gasteiger partial charge < -0.3 is 14.2 Å². The van der Waals surface area contributed by atoms with Crippen molar-refractivity contribution in [2.24, 2.45) is 5.92 Å². The van der Waals surface area contributed by atoms with Gasteiger partial charge in [0.1, 0.15) is 0 Å². The van der Waals surface area contributed by atoms with Crippen molar-refractivity contribution in [3.63, 3.8) is 0 Å². The maximum absolute atomic E-state index is 13.6. The van der Waals surface area contributed by atoms with Crippen LogP contribution in [-0.4, -0.2) is 34.0 Å². The van der Waals surface area contributed by atoms with E-state index in [1.165, 1.54) is 6.07 Å². The summed E-state index contributed by atoms with van der Waals surface area (Å²) in [6, 6.07) is 6.20. The van der Waals surface area contributed by atoms with E-state index in [4.69, 9.17) is 9.26 Å². The highest BCUT2D eigenvalue weighted by molar-refractivity contribution is 5.79. The largest absolute Gasteiger partial charge is 0.481 e. The number of ether oxygens (including phenoxy) is 1. The molecule has 1 saturated carbocycles. The minimum absolute atomic E-state index is 0.0192. The Morgan fingerprint density at radius 2 is 2.12 bits per heavy atom. The number of likely N-dealkylation sites (tertiary alicyclic amines) is 1. The van der Waals surface area contributed by atoms with Crippen LogP contribution in [0.2, 0.25) is 0 Å². The standard InChI is InChI=1S/C19H22FN3O3/c20-15-8-1-2-9-16(15)25-12-17-21-18(22-26-17)14-7-4-10-23(11-14)19(24)13-5-3-6-13/h1-2,8-9,13-14H,3-7,10-12H2. The predicted octanol–water partition coefficient (Wildman–Crippen LogP) is 3.29. The van der Waals surface area contributed by atoms with Crippen molar-refractivity contribution >= 4 is 5.91 Å². The molecule has 0 N–H and O–H groups in total. The molecule has 1 atom stereocenters. The molecular weight excluding hydrogens is 337 g/mol. The van der Waals surface area contributed by atoms with Crippen molar-refractivity contribution in [2.75, 3.05) is 13.1 Å². The molecule has 0 spiro atoms. The van der Waals surface area contributed by atoms with Crippen LogP contribution in [0.15, 0.2) is 28.8 Å². The van der Waals surface area contributed by atoms with Gasteiger partial charge in [0.15, 0.2) is 24.0 Å². The lowest BCUT2D eigenvalue weighted by atomic mass is 9.83. The van der Waals surface area contributed by atoms with Gasteiger partial charge in [-0.05, 0) is 37.8 Å². The summed E-state index contributed by atoms with van der Waals surface area (Å²) in [6.07, 6.45) is 5.06. The molecule has 7 heteroatoms. The molecule has 1 unspecified atom stereocenters. The van der Waals surface area contributed by atoms with Crippen molar-refractivity contribution in [1.29, 1.82) is 0 Å². The topological polar surface area (TPSA) is 68.5 Å². The van der Waals surface area contributed by atoms with Crippen LogP contribution in [0.25, 0.3) is 0 Å². The Morgan fingerprint density at radius 1 is 1.27 bits per heavy atom. The molecule has 1 aliphatic heterocycles. The molecule has 2 heterocycles. The lowest BCUT2D eigenvalue weighted by molar-refractivity contribution is -0.139. The van der Waals surface area contributed by atoms with Crippen LogP contribution in [0.5, 0.6) is 5.75 Å². The number of carbonyl (C=O) groups excluding carboxylic acids is 1. The highest BCUT2D eigenvalue weighted by Gasteiger charge is 2.33. The molecule has 2 aromatic rings. The van der Waals surface area contributed by atoms with Gasteiger partial charge in [-0.1, -0.05) is 23.7 Å². The summed E-state index contributed by atoms with van der Waals surface area (Å²) in [5, 5.41) is 4.05. The Balaban J connectivity index is 1.36. The van der Waals surface area contributed by atoms with Gasteiger partial charge in [-0.3, -0.25) is 4.79 Å². The Bertz CT molecular complexity index is 775. The highest BCUT2D eigenvalue weighted by atomic mass is 19.1. The van der Waals surface area contributed by atoms with Gasteiger partial charge in [-0.2, -0.15) is 4.98 Å². The van der Waals surface area contributed by atoms with Gasteiger partial charge in [-0.15, -0.1) is 0 Å². The lowest BCUT2D eigenvalue weighted by Gasteiger charge is -2.36. The van der Waals surface area contributed by atoms with Crippen molar-refractivity contribution in [1.82, 2.24) is 15.0 Å². The predicted molar refractivity (Wildman–Crippen MR) is 90.9 cm³/mol. The number of rotatable bonds is 5. The van der Waals surface area contributed by atoms with Crippen molar-refractivity contribution < 1.29 is 18.4 Å². The van der Waals surface area contributed by atoms with E-state index in [1.54, 1.807) is 18.2 Å². The summed E-state index contributed by atoms with van der Waals surface area (Å²) >= 11 is 0. The summed E-state index contributed by atoms with van der Waals surface area (Å²) in [6.45, 7) is 1.47. The molecular formula is C19H22FN3O3. The summed E-state index contributed by atoms with van der Waals surface area (Å²) in [7, 11) is 0.